The predicted molar refractivity (Wildman–Crippen MR) is 56.7 cm³/mol. The van der Waals surface area contributed by atoms with E-state index in [9.17, 15) is 0 Å². The maximum absolute atomic E-state index is 5.61. The molecule has 2 aromatic rings. The SMILES string of the molecule is Cc1ncn(Cc2nc(CCl)n[nH]2)c1C. The van der Waals surface area contributed by atoms with Gasteiger partial charge in [0, 0.05) is 5.69 Å². The minimum Gasteiger partial charge on any atom is -0.327 e. The fourth-order valence-corrected chi connectivity index (χ4v) is 1.45. The number of H-pyrrole nitrogens is 1. The molecular weight excluding hydrogens is 214 g/mol. The second kappa shape index (κ2) is 4.02. The molecule has 0 atom stereocenters. The number of aryl methyl sites for hydroxylation is 1. The highest BCUT2D eigenvalue weighted by Gasteiger charge is 2.06. The quantitative estimate of drug-likeness (QED) is 0.804. The van der Waals surface area contributed by atoms with Gasteiger partial charge in [0.25, 0.3) is 0 Å². The van der Waals surface area contributed by atoms with E-state index in [2.05, 4.69) is 20.2 Å². The van der Waals surface area contributed by atoms with E-state index in [4.69, 9.17) is 11.6 Å². The summed E-state index contributed by atoms with van der Waals surface area (Å²) in [6.07, 6.45) is 1.80. The van der Waals surface area contributed by atoms with Crippen molar-refractivity contribution in [2.45, 2.75) is 26.3 Å². The molecule has 0 saturated heterocycles. The van der Waals surface area contributed by atoms with Gasteiger partial charge in [0.1, 0.15) is 5.82 Å². The van der Waals surface area contributed by atoms with Crippen LogP contribution in [0.3, 0.4) is 0 Å². The molecule has 0 saturated carbocycles. The van der Waals surface area contributed by atoms with Crippen LogP contribution >= 0.6 is 11.6 Å². The molecule has 2 aromatic heterocycles. The van der Waals surface area contributed by atoms with Crippen LogP contribution in [0.25, 0.3) is 0 Å². The van der Waals surface area contributed by atoms with Gasteiger partial charge in [-0.2, -0.15) is 5.10 Å². The van der Waals surface area contributed by atoms with Gasteiger partial charge in [0.2, 0.25) is 0 Å². The van der Waals surface area contributed by atoms with Gasteiger partial charge in [-0.1, -0.05) is 0 Å². The van der Waals surface area contributed by atoms with E-state index in [1.165, 1.54) is 0 Å². The molecule has 1 N–H and O–H groups in total. The van der Waals surface area contributed by atoms with Crippen molar-refractivity contribution in [2.75, 3.05) is 0 Å². The van der Waals surface area contributed by atoms with Crippen LogP contribution in [-0.2, 0) is 12.4 Å². The number of alkyl halides is 1. The number of nitrogens with one attached hydrogen (secondary N) is 1. The van der Waals surface area contributed by atoms with Crippen molar-refractivity contribution in [3.63, 3.8) is 0 Å². The van der Waals surface area contributed by atoms with Crippen molar-refractivity contribution in [3.05, 3.63) is 29.4 Å². The van der Waals surface area contributed by atoms with Crippen molar-refractivity contribution in [3.8, 4) is 0 Å². The van der Waals surface area contributed by atoms with Gasteiger partial charge in [0.05, 0.1) is 24.4 Å². The fraction of sp³-hybridized carbons (Fsp3) is 0.444. The van der Waals surface area contributed by atoms with Gasteiger partial charge >= 0.3 is 0 Å². The fourth-order valence-electron chi connectivity index (χ4n) is 1.33. The average molecular weight is 226 g/mol. The van der Waals surface area contributed by atoms with Crippen molar-refractivity contribution < 1.29 is 0 Å². The lowest BCUT2D eigenvalue weighted by atomic mass is 10.4. The Hall–Kier alpha value is -1.36. The summed E-state index contributed by atoms with van der Waals surface area (Å²) in [5, 5.41) is 6.81. The summed E-state index contributed by atoms with van der Waals surface area (Å²) < 4.78 is 2.02. The number of hydrogen-bond acceptors (Lipinski definition) is 3. The summed E-state index contributed by atoms with van der Waals surface area (Å²) in [7, 11) is 0. The highest BCUT2D eigenvalue weighted by atomic mass is 35.5. The maximum Gasteiger partial charge on any atom is 0.165 e. The van der Waals surface area contributed by atoms with Gasteiger partial charge in [-0.15, -0.1) is 11.6 Å². The van der Waals surface area contributed by atoms with Gasteiger partial charge in [-0.05, 0) is 13.8 Å². The first-order valence-corrected chi connectivity index (χ1v) is 5.18. The molecule has 0 unspecified atom stereocenters. The standard InChI is InChI=1S/C9H12ClN5/c1-6-7(2)15(5-11-6)4-9-12-8(3-10)13-14-9/h5H,3-4H2,1-2H3,(H,12,13,14). The highest BCUT2D eigenvalue weighted by molar-refractivity contribution is 6.16. The van der Waals surface area contributed by atoms with E-state index in [1.54, 1.807) is 6.33 Å². The van der Waals surface area contributed by atoms with E-state index < -0.39 is 0 Å². The first kappa shape index (κ1) is 10.2. The molecule has 2 heterocycles. The van der Waals surface area contributed by atoms with E-state index >= 15 is 0 Å². The first-order chi connectivity index (χ1) is 7.20. The molecule has 0 fully saturated rings. The molecule has 6 heteroatoms. The minimum atomic E-state index is 0.332. The smallest absolute Gasteiger partial charge is 0.165 e. The van der Waals surface area contributed by atoms with Gasteiger partial charge < -0.3 is 4.57 Å². The molecule has 15 heavy (non-hydrogen) atoms. The zero-order valence-corrected chi connectivity index (χ0v) is 9.41. The lowest BCUT2D eigenvalue weighted by Gasteiger charge is -2.01. The van der Waals surface area contributed by atoms with Gasteiger partial charge in [-0.3, -0.25) is 5.10 Å². The average Bonchev–Trinajstić information content (AvgIpc) is 2.80. The van der Waals surface area contributed by atoms with Crippen LogP contribution < -0.4 is 0 Å². The van der Waals surface area contributed by atoms with E-state index in [0.717, 1.165) is 17.2 Å². The molecule has 0 spiro atoms. The van der Waals surface area contributed by atoms with E-state index in [1.807, 2.05) is 18.4 Å². The minimum absolute atomic E-state index is 0.332. The second-order valence-corrected chi connectivity index (χ2v) is 3.64. The van der Waals surface area contributed by atoms with E-state index in [0.29, 0.717) is 18.2 Å². The Kier molecular flexibility index (Phi) is 2.73. The molecule has 0 amide bonds. The molecule has 0 aliphatic heterocycles. The van der Waals surface area contributed by atoms with Crippen LogP contribution in [0.1, 0.15) is 23.0 Å². The molecule has 5 nitrogen and oxygen atoms in total. The third kappa shape index (κ3) is 2.02. The summed E-state index contributed by atoms with van der Waals surface area (Å²) >= 11 is 5.61. The number of aromatic amines is 1. The monoisotopic (exact) mass is 225 g/mol. The predicted octanol–water partition coefficient (Wildman–Crippen LogP) is 1.41. The van der Waals surface area contributed by atoms with Crippen molar-refractivity contribution >= 4 is 11.6 Å². The molecule has 0 bridgehead atoms. The van der Waals surface area contributed by atoms with Crippen LogP contribution in [0, 0.1) is 13.8 Å². The molecule has 2 rings (SSSR count). The zero-order chi connectivity index (χ0) is 10.8. The van der Waals surface area contributed by atoms with Gasteiger partial charge in [0.15, 0.2) is 5.82 Å². The Morgan fingerprint density at radius 2 is 2.27 bits per heavy atom. The van der Waals surface area contributed by atoms with Crippen LogP contribution in [0.5, 0.6) is 0 Å². The normalized spacial score (nSPS) is 10.9. The van der Waals surface area contributed by atoms with Crippen LogP contribution in [0.4, 0.5) is 0 Å². The van der Waals surface area contributed by atoms with Crippen molar-refractivity contribution in [1.29, 1.82) is 0 Å². The Labute approximate surface area is 92.5 Å². The molecule has 0 aliphatic carbocycles. The maximum atomic E-state index is 5.61. The first-order valence-electron chi connectivity index (χ1n) is 4.65. The van der Waals surface area contributed by atoms with E-state index in [-0.39, 0.29) is 0 Å². The molecular formula is C9H12ClN5. The summed E-state index contributed by atoms with van der Waals surface area (Å²) in [6.45, 7) is 4.66. The third-order valence-corrected chi connectivity index (χ3v) is 2.60. The lowest BCUT2D eigenvalue weighted by molar-refractivity contribution is 0.725. The number of hydrogen-bond donors (Lipinski definition) is 1. The number of halogens is 1. The van der Waals surface area contributed by atoms with Gasteiger partial charge in [-0.25, -0.2) is 9.97 Å². The number of rotatable bonds is 3. The largest absolute Gasteiger partial charge is 0.327 e. The van der Waals surface area contributed by atoms with Crippen molar-refractivity contribution in [2.24, 2.45) is 0 Å². The third-order valence-electron chi connectivity index (χ3n) is 2.36. The molecule has 0 aromatic carbocycles. The Morgan fingerprint density at radius 3 is 2.80 bits per heavy atom. The number of imidazole rings is 1. The molecule has 0 aliphatic rings. The second-order valence-electron chi connectivity index (χ2n) is 3.38. The summed E-state index contributed by atoms with van der Waals surface area (Å²) in [5.74, 6) is 1.76. The molecule has 80 valence electrons. The number of nitrogens with zero attached hydrogens (tertiary/aromatic N) is 4. The van der Waals surface area contributed by atoms with Crippen LogP contribution in [0.2, 0.25) is 0 Å². The summed E-state index contributed by atoms with van der Waals surface area (Å²) in [4.78, 5) is 8.44. The van der Waals surface area contributed by atoms with Crippen molar-refractivity contribution in [1.82, 2.24) is 24.7 Å². The summed E-state index contributed by atoms with van der Waals surface area (Å²) in [6, 6.07) is 0. The highest BCUT2D eigenvalue weighted by Crippen LogP contribution is 2.06. The zero-order valence-electron chi connectivity index (χ0n) is 8.66. The van der Waals surface area contributed by atoms with Crippen LogP contribution in [-0.4, -0.2) is 24.7 Å². The van der Waals surface area contributed by atoms with Crippen LogP contribution in [0.15, 0.2) is 6.33 Å². The Bertz CT molecular complexity index is 459. The summed E-state index contributed by atoms with van der Waals surface area (Å²) in [5.41, 5.74) is 2.17. The number of aromatic nitrogens is 5. The lowest BCUT2D eigenvalue weighted by Crippen LogP contribution is -2.02. The Morgan fingerprint density at radius 1 is 1.47 bits per heavy atom. The Balaban J connectivity index is 2.18. The topological polar surface area (TPSA) is 59.4 Å². The molecule has 0 radical (unpaired) electrons.